The Labute approximate surface area is 180 Å². The van der Waals surface area contributed by atoms with Crippen LogP contribution in [0.5, 0.6) is 0 Å². The number of hydrogen-bond acceptors (Lipinski definition) is 5. The van der Waals surface area contributed by atoms with Crippen LogP contribution in [0.4, 0.5) is 0 Å². The number of piperazine rings is 1. The molecule has 164 valence electrons. The van der Waals surface area contributed by atoms with E-state index in [1.165, 1.54) is 37.7 Å². The van der Waals surface area contributed by atoms with Gasteiger partial charge in [0, 0.05) is 32.7 Å². The smallest absolute Gasteiger partial charge is 0.231 e. The Morgan fingerprint density at radius 1 is 1.10 bits per heavy atom. The number of carbonyl (C=O) groups excluding carboxylic acids is 1. The fraction of sp³-hybridized carbons (Fsp3) is 0.625. The summed E-state index contributed by atoms with van der Waals surface area (Å²) in [6.45, 7) is 4.31. The van der Waals surface area contributed by atoms with Crippen LogP contribution in [0, 0.1) is 11.8 Å². The van der Waals surface area contributed by atoms with E-state index in [4.69, 9.17) is 15.2 Å². The third-order valence-electron chi connectivity index (χ3n) is 6.81. The summed E-state index contributed by atoms with van der Waals surface area (Å²) >= 11 is 0. The first-order valence-corrected chi connectivity index (χ1v) is 11.6. The maximum absolute atomic E-state index is 12.0. The molecular weight excluding hydrogens is 378 g/mol. The normalized spacial score (nSPS) is 24.3. The topological polar surface area (TPSA) is 68.0 Å². The molecule has 0 radical (unpaired) electrons. The second-order valence-electron chi connectivity index (χ2n) is 8.96. The van der Waals surface area contributed by atoms with E-state index in [-0.39, 0.29) is 11.8 Å². The van der Waals surface area contributed by atoms with Crippen LogP contribution in [0.3, 0.4) is 0 Å². The first-order valence-electron chi connectivity index (χ1n) is 11.6. The van der Waals surface area contributed by atoms with Crippen molar-refractivity contribution in [2.75, 3.05) is 32.7 Å². The highest BCUT2D eigenvalue weighted by Gasteiger charge is 2.28. The van der Waals surface area contributed by atoms with E-state index in [1.54, 1.807) is 12.5 Å². The average Bonchev–Trinajstić information content (AvgIpc) is 2.80. The molecule has 1 saturated heterocycles. The Morgan fingerprint density at radius 3 is 2.53 bits per heavy atom. The molecule has 30 heavy (non-hydrogen) atoms. The Balaban J connectivity index is 1.23. The highest BCUT2D eigenvalue weighted by atomic mass is 16.6. The minimum Gasteiger partial charge on any atom is -0.456 e. The summed E-state index contributed by atoms with van der Waals surface area (Å²) in [6, 6.07) is 0. The summed E-state index contributed by atoms with van der Waals surface area (Å²) in [4.78, 5) is 16.6. The third kappa shape index (κ3) is 5.48. The molecule has 2 N–H and O–H groups in total. The predicted octanol–water partition coefficient (Wildman–Crippen LogP) is 3.64. The second-order valence-corrected chi connectivity index (χ2v) is 8.96. The number of nitrogens with zero attached hydrogens (tertiary/aromatic N) is 2. The van der Waals surface area contributed by atoms with E-state index in [9.17, 15) is 4.79 Å². The zero-order valence-electron chi connectivity index (χ0n) is 17.9. The van der Waals surface area contributed by atoms with Crippen LogP contribution in [0.25, 0.3) is 0 Å². The summed E-state index contributed by atoms with van der Waals surface area (Å²) in [5.41, 5.74) is 6.93. The number of nitrogens with two attached hydrogens (primary N) is 1. The lowest BCUT2D eigenvalue weighted by atomic mass is 9.82. The van der Waals surface area contributed by atoms with Crippen molar-refractivity contribution in [2.45, 2.75) is 51.4 Å². The van der Waals surface area contributed by atoms with Gasteiger partial charge in [-0.3, -0.25) is 9.69 Å². The monoisotopic (exact) mass is 413 g/mol. The van der Waals surface area contributed by atoms with Crippen molar-refractivity contribution in [2.24, 2.45) is 17.6 Å². The van der Waals surface area contributed by atoms with E-state index >= 15 is 0 Å². The lowest BCUT2D eigenvalue weighted by Gasteiger charge is -2.38. The largest absolute Gasteiger partial charge is 0.456 e. The highest BCUT2D eigenvalue weighted by molar-refractivity contribution is 5.76. The molecule has 2 aliphatic carbocycles. The Kier molecular flexibility index (Phi) is 7.16. The van der Waals surface area contributed by atoms with Gasteiger partial charge in [0.2, 0.25) is 11.8 Å². The van der Waals surface area contributed by atoms with Gasteiger partial charge in [-0.15, -0.1) is 0 Å². The van der Waals surface area contributed by atoms with Crippen molar-refractivity contribution >= 4 is 5.91 Å². The van der Waals surface area contributed by atoms with Crippen LogP contribution in [-0.4, -0.2) is 48.4 Å². The number of ether oxygens (including phenoxy) is 2. The summed E-state index contributed by atoms with van der Waals surface area (Å²) in [6.07, 6.45) is 19.2. The second kappa shape index (κ2) is 10.2. The van der Waals surface area contributed by atoms with Crippen molar-refractivity contribution in [3.05, 3.63) is 48.0 Å². The van der Waals surface area contributed by atoms with Gasteiger partial charge in [-0.2, -0.15) is 0 Å². The molecule has 4 rings (SSSR count). The van der Waals surface area contributed by atoms with E-state index in [2.05, 4.69) is 28.0 Å². The zero-order chi connectivity index (χ0) is 20.8. The van der Waals surface area contributed by atoms with Crippen molar-refractivity contribution in [1.82, 2.24) is 9.80 Å². The molecule has 1 atom stereocenters. The Bertz CT molecular complexity index is 726. The molecule has 2 heterocycles. The van der Waals surface area contributed by atoms with Crippen LogP contribution in [0.2, 0.25) is 0 Å². The molecule has 4 aliphatic rings. The molecule has 0 aromatic rings. The van der Waals surface area contributed by atoms with Gasteiger partial charge in [0.15, 0.2) is 12.0 Å². The minimum atomic E-state index is -0.140. The number of carbonyl (C=O) groups is 1. The van der Waals surface area contributed by atoms with E-state index in [1.807, 2.05) is 0 Å². The molecule has 0 bridgehead atoms. The lowest BCUT2D eigenvalue weighted by molar-refractivity contribution is -0.123. The molecule has 6 heteroatoms. The summed E-state index contributed by atoms with van der Waals surface area (Å²) in [7, 11) is 0. The van der Waals surface area contributed by atoms with E-state index in [0.717, 1.165) is 63.6 Å². The standard InChI is InChI=1S/C24H35N3O3/c25-24(28)21(15-19-7-3-1-4-8-19)16-26-11-13-27(14-12-26)23-18-29-22(17-30-23)20-9-5-2-6-10-20/h2,5,9,17-19,21H,1,3-4,6-8,10-16H2,(H2,25,28)/t21-/m1/s1. The van der Waals surface area contributed by atoms with Gasteiger partial charge in [-0.05, 0) is 30.8 Å². The fourth-order valence-electron chi connectivity index (χ4n) is 4.96. The molecule has 1 amide bonds. The quantitative estimate of drug-likeness (QED) is 0.690. The average molecular weight is 414 g/mol. The first-order chi connectivity index (χ1) is 14.7. The van der Waals surface area contributed by atoms with Crippen LogP contribution < -0.4 is 5.73 Å². The van der Waals surface area contributed by atoms with Crippen LogP contribution in [0.15, 0.2) is 48.0 Å². The Hall–Kier alpha value is -2.21. The fourth-order valence-corrected chi connectivity index (χ4v) is 4.96. The maximum Gasteiger partial charge on any atom is 0.231 e. The van der Waals surface area contributed by atoms with Gasteiger partial charge in [-0.25, -0.2) is 0 Å². The van der Waals surface area contributed by atoms with Crippen molar-refractivity contribution in [3.8, 4) is 0 Å². The van der Waals surface area contributed by atoms with Crippen LogP contribution in [0.1, 0.15) is 51.4 Å². The lowest BCUT2D eigenvalue weighted by Crippen LogP contribution is -2.49. The molecule has 0 unspecified atom stereocenters. The molecule has 2 aliphatic heterocycles. The summed E-state index contributed by atoms with van der Waals surface area (Å²) in [5.74, 6) is 2.06. The third-order valence-corrected chi connectivity index (χ3v) is 6.81. The first kappa shape index (κ1) is 21.0. The molecule has 0 aromatic heterocycles. The van der Waals surface area contributed by atoms with E-state index in [0.29, 0.717) is 5.92 Å². The predicted molar refractivity (Wildman–Crippen MR) is 117 cm³/mol. The van der Waals surface area contributed by atoms with Crippen LogP contribution >= 0.6 is 0 Å². The van der Waals surface area contributed by atoms with Crippen LogP contribution in [-0.2, 0) is 14.3 Å². The molecule has 0 aromatic carbocycles. The zero-order valence-corrected chi connectivity index (χ0v) is 17.9. The van der Waals surface area contributed by atoms with Crippen molar-refractivity contribution in [1.29, 1.82) is 0 Å². The van der Waals surface area contributed by atoms with Gasteiger partial charge in [0.1, 0.15) is 6.26 Å². The molecule has 0 spiro atoms. The number of rotatable bonds is 7. The van der Waals surface area contributed by atoms with Gasteiger partial charge >= 0.3 is 0 Å². The summed E-state index contributed by atoms with van der Waals surface area (Å²) in [5, 5.41) is 0. The number of hydrogen-bond donors (Lipinski definition) is 1. The Morgan fingerprint density at radius 2 is 1.90 bits per heavy atom. The number of primary amides is 1. The van der Waals surface area contributed by atoms with Crippen molar-refractivity contribution < 1.29 is 14.3 Å². The SMILES string of the molecule is NC(=O)[C@H](CC1CCCCC1)CN1CCN(C2=COC(C3=CC=CCC3)=CO2)CC1. The molecule has 1 saturated carbocycles. The maximum atomic E-state index is 12.0. The molecule has 6 nitrogen and oxygen atoms in total. The van der Waals surface area contributed by atoms with Crippen molar-refractivity contribution in [3.63, 3.8) is 0 Å². The number of amides is 1. The highest BCUT2D eigenvalue weighted by Crippen LogP contribution is 2.30. The van der Waals surface area contributed by atoms with Gasteiger partial charge in [0.25, 0.3) is 0 Å². The van der Waals surface area contributed by atoms with E-state index < -0.39 is 0 Å². The van der Waals surface area contributed by atoms with Gasteiger partial charge in [0.05, 0.1) is 5.92 Å². The molecule has 2 fully saturated rings. The summed E-state index contributed by atoms with van der Waals surface area (Å²) < 4.78 is 11.7. The molecular formula is C24H35N3O3. The number of allylic oxidation sites excluding steroid dienone is 4. The van der Waals surface area contributed by atoms with Gasteiger partial charge < -0.3 is 20.1 Å². The van der Waals surface area contributed by atoms with Gasteiger partial charge in [-0.1, -0.05) is 50.3 Å². The minimum absolute atomic E-state index is 0.0311.